The van der Waals surface area contributed by atoms with E-state index in [-0.39, 0.29) is 38.5 Å². The molecule has 0 aliphatic carbocycles. The molecule has 10 heteroatoms. The van der Waals surface area contributed by atoms with E-state index in [2.05, 4.69) is 10.6 Å². The second-order valence-electron chi connectivity index (χ2n) is 10.9. The summed E-state index contributed by atoms with van der Waals surface area (Å²) in [7, 11) is 1.68. The summed E-state index contributed by atoms with van der Waals surface area (Å²) in [6.45, 7) is 2.06. The molecule has 1 saturated heterocycles. The van der Waals surface area contributed by atoms with Gasteiger partial charge in [-0.3, -0.25) is 4.79 Å². The van der Waals surface area contributed by atoms with Gasteiger partial charge in [0, 0.05) is 29.2 Å². The molecule has 3 N–H and O–H groups in total. The molecule has 1 heterocycles. The van der Waals surface area contributed by atoms with Crippen LogP contribution >= 0.6 is 11.8 Å². The fourth-order valence-electron chi connectivity index (χ4n) is 5.32. The van der Waals surface area contributed by atoms with Crippen molar-refractivity contribution in [1.82, 2.24) is 10.6 Å². The summed E-state index contributed by atoms with van der Waals surface area (Å²) in [5.41, 5.74) is 5.66. The highest BCUT2D eigenvalue weighted by Crippen LogP contribution is 2.41. The van der Waals surface area contributed by atoms with Crippen molar-refractivity contribution < 1.29 is 33.6 Å². The van der Waals surface area contributed by atoms with Gasteiger partial charge in [-0.1, -0.05) is 84.9 Å². The van der Waals surface area contributed by atoms with Crippen molar-refractivity contribution in [3.05, 3.63) is 119 Å². The van der Waals surface area contributed by atoms with Gasteiger partial charge in [-0.05, 0) is 46.9 Å². The van der Waals surface area contributed by atoms with E-state index in [1.54, 1.807) is 25.8 Å². The quantitative estimate of drug-likeness (QED) is 0.110. The Bertz CT molecular complexity index is 1610. The fourth-order valence-corrected chi connectivity index (χ4v) is 6.37. The van der Waals surface area contributed by atoms with Gasteiger partial charge in [0.25, 0.3) is 0 Å². The van der Waals surface area contributed by atoms with Crippen LogP contribution in [0.4, 0.5) is 4.79 Å². The molecule has 4 aromatic carbocycles. The van der Waals surface area contributed by atoms with Gasteiger partial charge in [0.15, 0.2) is 6.29 Å². The van der Waals surface area contributed by atoms with E-state index in [1.165, 1.54) is 0 Å². The topological polar surface area (TPSA) is 115 Å². The molecule has 5 rings (SSSR count). The van der Waals surface area contributed by atoms with Gasteiger partial charge in [-0.2, -0.15) is 0 Å². The minimum Gasteiger partial charge on any atom is -0.496 e. The van der Waals surface area contributed by atoms with Crippen LogP contribution in [0.3, 0.4) is 0 Å². The van der Waals surface area contributed by atoms with Gasteiger partial charge in [0.1, 0.15) is 12.3 Å². The number of thioether (sulfide) groups is 1. The molecule has 9 nitrogen and oxygen atoms in total. The number of nitrogens with one attached hydrogen (secondary N) is 2. The molecule has 1 aliphatic heterocycles. The zero-order valence-electron chi connectivity index (χ0n) is 26.5. The Morgan fingerprint density at radius 2 is 1.62 bits per heavy atom. The standard InChI is InChI=1S/C37H40N2O7S/c1-3-44-35(41)22-39-37(42)38-21-29-8-4-5-9-31(29)26-16-18-28(19-17-26)36-45-30(24-47-34-11-7-6-10-32(34)43-2)20-33(46-36)27-14-12-25(23-40)13-15-27/h4-19,30,33,36,40H,3,20-24H2,1-2H3,(H2,38,39,42)/t30-,33+,36+/m0/s1. The highest BCUT2D eigenvalue weighted by molar-refractivity contribution is 7.99. The predicted octanol–water partition coefficient (Wildman–Crippen LogP) is 6.55. The van der Waals surface area contributed by atoms with Crippen LogP contribution in [-0.2, 0) is 32.2 Å². The SMILES string of the molecule is CCOC(=O)CNC(=O)NCc1ccccc1-c1ccc([C@@H]2O[C@H](CSc3ccccc3OC)C[C@H](c3ccc(CO)cc3)O2)cc1. The Kier molecular flexibility index (Phi) is 12.3. The number of aliphatic hydroxyl groups excluding tert-OH is 1. The lowest BCUT2D eigenvalue weighted by molar-refractivity contribution is -0.245. The van der Waals surface area contributed by atoms with Gasteiger partial charge in [-0.15, -0.1) is 11.8 Å². The third kappa shape index (κ3) is 9.36. The molecule has 246 valence electrons. The number of ether oxygens (including phenoxy) is 4. The van der Waals surface area contributed by atoms with Gasteiger partial charge in [0.2, 0.25) is 0 Å². The summed E-state index contributed by atoms with van der Waals surface area (Å²) < 4.78 is 23.5. The fraction of sp³-hybridized carbons (Fsp3) is 0.297. The second-order valence-corrected chi connectivity index (χ2v) is 12.0. The van der Waals surface area contributed by atoms with E-state index in [4.69, 9.17) is 18.9 Å². The molecular weight excluding hydrogens is 616 g/mol. The average Bonchev–Trinajstić information content (AvgIpc) is 3.12. The molecule has 0 bridgehead atoms. The Hall–Kier alpha value is -4.35. The molecule has 0 saturated carbocycles. The number of amides is 2. The number of carbonyl (C=O) groups excluding carboxylic acids is 2. The lowest BCUT2D eigenvalue weighted by Gasteiger charge is -2.36. The molecule has 47 heavy (non-hydrogen) atoms. The van der Waals surface area contributed by atoms with Crippen molar-refractivity contribution in [2.75, 3.05) is 26.0 Å². The summed E-state index contributed by atoms with van der Waals surface area (Å²) in [4.78, 5) is 24.9. The maximum absolute atomic E-state index is 12.3. The normalized spacial score (nSPS) is 17.5. The van der Waals surface area contributed by atoms with Gasteiger partial charge < -0.3 is 34.7 Å². The number of hydrogen-bond acceptors (Lipinski definition) is 8. The summed E-state index contributed by atoms with van der Waals surface area (Å²) in [5.74, 6) is 1.07. The van der Waals surface area contributed by atoms with Crippen molar-refractivity contribution in [2.24, 2.45) is 0 Å². The highest BCUT2D eigenvalue weighted by atomic mass is 32.2. The third-order valence-corrected chi connectivity index (χ3v) is 8.94. The van der Waals surface area contributed by atoms with Crippen molar-refractivity contribution in [2.45, 2.75) is 49.9 Å². The maximum atomic E-state index is 12.3. The van der Waals surface area contributed by atoms with E-state index >= 15 is 0 Å². The van der Waals surface area contributed by atoms with Crippen LogP contribution in [0.25, 0.3) is 11.1 Å². The number of aliphatic hydroxyl groups is 1. The van der Waals surface area contributed by atoms with E-state index in [0.29, 0.717) is 6.42 Å². The van der Waals surface area contributed by atoms with E-state index < -0.39 is 18.3 Å². The lowest BCUT2D eigenvalue weighted by atomic mass is 9.98. The number of methoxy groups -OCH3 is 1. The number of para-hydroxylation sites is 1. The predicted molar refractivity (Wildman–Crippen MR) is 181 cm³/mol. The average molecular weight is 657 g/mol. The Labute approximate surface area is 279 Å². The lowest BCUT2D eigenvalue weighted by Crippen LogP contribution is -2.38. The maximum Gasteiger partial charge on any atom is 0.325 e. The van der Waals surface area contributed by atoms with Crippen LogP contribution in [0.1, 0.15) is 48.0 Å². The summed E-state index contributed by atoms with van der Waals surface area (Å²) in [6.07, 6.45) is -0.175. The first-order valence-electron chi connectivity index (χ1n) is 15.6. The van der Waals surface area contributed by atoms with Crippen molar-refractivity contribution in [3.8, 4) is 16.9 Å². The van der Waals surface area contributed by atoms with E-state index in [9.17, 15) is 14.7 Å². The Morgan fingerprint density at radius 3 is 2.36 bits per heavy atom. The molecule has 1 fully saturated rings. The van der Waals surface area contributed by atoms with Gasteiger partial charge in [-0.25, -0.2) is 4.79 Å². The highest BCUT2D eigenvalue weighted by Gasteiger charge is 2.32. The molecular formula is C37H40N2O7S. The molecule has 2 amide bonds. The smallest absolute Gasteiger partial charge is 0.325 e. The minimum atomic E-state index is -0.580. The summed E-state index contributed by atoms with van der Waals surface area (Å²) >= 11 is 1.70. The molecule has 1 aliphatic rings. The van der Waals surface area contributed by atoms with Crippen molar-refractivity contribution >= 4 is 23.8 Å². The van der Waals surface area contributed by atoms with Crippen LogP contribution in [0, 0.1) is 0 Å². The first kappa shape index (κ1) is 34.0. The molecule has 3 atom stereocenters. The van der Waals surface area contributed by atoms with Gasteiger partial charge >= 0.3 is 12.0 Å². The molecule has 0 spiro atoms. The zero-order valence-corrected chi connectivity index (χ0v) is 27.3. The van der Waals surface area contributed by atoms with E-state index in [0.717, 1.165) is 49.8 Å². The molecule has 0 aromatic heterocycles. The zero-order chi connectivity index (χ0) is 33.0. The minimum absolute atomic E-state index is 0.00999. The number of carbonyl (C=O) groups is 2. The third-order valence-electron chi connectivity index (χ3n) is 7.76. The summed E-state index contributed by atoms with van der Waals surface area (Å²) in [6, 6.07) is 31.3. The van der Waals surface area contributed by atoms with Crippen molar-refractivity contribution in [3.63, 3.8) is 0 Å². The largest absolute Gasteiger partial charge is 0.496 e. The van der Waals surface area contributed by atoms with Crippen LogP contribution < -0.4 is 15.4 Å². The van der Waals surface area contributed by atoms with E-state index in [1.807, 2.05) is 97.1 Å². The number of esters is 1. The van der Waals surface area contributed by atoms with Crippen LogP contribution in [0.15, 0.2) is 102 Å². The first-order chi connectivity index (χ1) is 23.0. The molecule has 4 aromatic rings. The van der Waals surface area contributed by atoms with Gasteiger partial charge in [0.05, 0.1) is 32.5 Å². The first-order valence-corrected chi connectivity index (χ1v) is 16.6. The number of benzene rings is 4. The Morgan fingerprint density at radius 1 is 0.894 bits per heavy atom. The number of urea groups is 1. The second kappa shape index (κ2) is 17.0. The van der Waals surface area contributed by atoms with Crippen LogP contribution in [0.5, 0.6) is 5.75 Å². The number of hydrogen-bond donors (Lipinski definition) is 3. The Balaban J connectivity index is 1.29. The van der Waals surface area contributed by atoms with Crippen LogP contribution in [-0.4, -0.2) is 49.2 Å². The molecule has 0 radical (unpaired) electrons. The number of rotatable bonds is 13. The monoisotopic (exact) mass is 656 g/mol. The van der Waals surface area contributed by atoms with Crippen molar-refractivity contribution in [1.29, 1.82) is 0 Å². The molecule has 0 unspecified atom stereocenters. The van der Waals surface area contributed by atoms with Crippen LogP contribution in [0.2, 0.25) is 0 Å². The summed E-state index contributed by atoms with van der Waals surface area (Å²) in [5, 5.41) is 14.9.